The zero-order valence-electron chi connectivity index (χ0n) is 17.2. The number of ether oxygens (including phenoxy) is 2. The Bertz CT molecular complexity index is 1050. The second kappa shape index (κ2) is 10.4. The van der Waals surface area contributed by atoms with Crippen molar-refractivity contribution in [1.82, 2.24) is 4.90 Å². The summed E-state index contributed by atoms with van der Waals surface area (Å²) in [4.78, 5) is 16.8. The number of carbonyl (C=O) groups excluding carboxylic acids is 1. The molecule has 0 bridgehead atoms. The fourth-order valence-electron chi connectivity index (χ4n) is 3.36. The van der Waals surface area contributed by atoms with Gasteiger partial charge < -0.3 is 19.3 Å². The number of halogens is 1. The highest BCUT2D eigenvalue weighted by Crippen LogP contribution is 2.37. The summed E-state index contributed by atoms with van der Waals surface area (Å²) >= 11 is 6.29. The fourth-order valence-corrected chi connectivity index (χ4v) is 3.64. The summed E-state index contributed by atoms with van der Waals surface area (Å²) in [6, 6.07) is 15.3. The first-order valence-corrected chi connectivity index (χ1v) is 10.1. The first-order chi connectivity index (χ1) is 15.1. The van der Waals surface area contributed by atoms with Gasteiger partial charge in [0.1, 0.15) is 18.2 Å². The van der Waals surface area contributed by atoms with E-state index in [1.165, 1.54) is 13.2 Å². The van der Waals surface area contributed by atoms with Gasteiger partial charge in [-0.3, -0.25) is 4.79 Å². The van der Waals surface area contributed by atoms with Crippen molar-refractivity contribution in [2.24, 2.45) is 0 Å². The molecule has 1 heterocycles. The Kier molecular flexibility index (Phi) is 7.43. The lowest BCUT2D eigenvalue weighted by molar-refractivity contribution is -0.126. The van der Waals surface area contributed by atoms with Gasteiger partial charge in [-0.1, -0.05) is 35.7 Å². The van der Waals surface area contributed by atoms with Gasteiger partial charge >= 0.3 is 0 Å². The Morgan fingerprint density at radius 3 is 2.55 bits per heavy atom. The van der Waals surface area contributed by atoms with Crippen LogP contribution in [0.25, 0.3) is 6.08 Å². The van der Waals surface area contributed by atoms with Gasteiger partial charge in [-0.15, -0.1) is 6.42 Å². The predicted octanol–water partition coefficient (Wildman–Crippen LogP) is 3.62. The molecule has 0 unspecified atom stereocenters. The van der Waals surface area contributed by atoms with Crippen LogP contribution in [-0.2, 0) is 4.79 Å². The number of nitriles is 1. The van der Waals surface area contributed by atoms with E-state index in [4.69, 9.17) is 27.5 Å². The standard InChI is InChI=1S/C24H22ClN3O3/c1-3-13-31-23-21(25)15-18(16-22(23)30-2)14-19(17-26)24(29)28-11-9-27(10-12-28)20-7-5-4-6-8-20/h1,4-8,14-16H,9-13H2,2H3/b19-14-. The molecule has 158 valence electrons. The van der Waals surface area contributed by atoms with Gasteiger partial charge in [0.25, 0.3) is 5.91 Å². The molecule has 3 rings (SSSR count). The van der Waals surface area contributed by atoms with E-state index in [1.54, 1.807) is 17.0 Å². The molecule has 0 aromatic heterocycles. The largest absolute Gasteiger partial charge is 0.493 e. The monoisotopic (exact) mass is 435 g/mol. The lowest BCUT2D eigenvalue weighted by Gasteiger charge is -2.36. The van der Waals surface area contributed by atoms with Gasteiger partial charge in [-0.2, -0.15) is 5.26 Å². The number of piperazine rings is 1. The van der Waals surface area contributed by atoms with Gasteiger partial charge in [0.2, 0.25) is 0 Å². The second-order valence-electron chi connectivity index (χ2n) is 6.81. The van der Waals surface area contributed by atoms with E-state index in [0.717, 1.165) is 5.69 Å². The number of rotatable bonds is 6. The summed E-state index contributed by atoms with van der Waals surface area (Å²) in [6.07, 6.45) is 6.73. The Morgan fingerprint density at radius 2 is 1.94 bits per heavy atom. The zero-order chi connectivity index (χ0) is 22.2. The molecule has 6 nitrogen and oxygen atoms in total. The van der Waals surface area contributed by atoms with Crippen LogP contribution >= 0.6 is 11.6 Å². The third-order valence-corrected chi connectivity index (χ3v) is 5.18. The maximum absolute atomic E-state index is 12.9. The van der Waals surface area contributed by atoms with E-state index in [1.807, 2.05) is 36.4 Å². The van der Waals surface area contributed by atoms with Gasteiger partial charge in [0.15, 0.2) is 11.5 Å². The number of carbonyl (C=O) groups is 1. The normalized spacial score (nSPS) is 13.9. The summed E-state index contributed by atoms with van der Waals surface area (Å²) in [5.41, 5.74) is 1.71. The second-order valence-corrected chi connectivity index (χ2v) is 7.22. The van der Waals surface area contributed by atoms with Crippen molar-refractivity contribution in [3.05, 3.63) is 58.6 Å². The number of benzene rings is 2. The van der Waals surface area contributed by atoms with E-state index in [0.29, 0.717) is 43.2 Å². The van der Waals surface area contributed by atoms with E-state index in [2.05, 4.69) is 10.8 Å². The number of hydrogen-bond acceptors (Lipinski definition) is 5. The van der Waals surface area contributed by atoms with Crippen LogP contribution in [0.3, 0.4) is 0 Å². The third-order valence-electron chi connectivity index (χ3n) is 4.90. The number of nitrogens with zero attached hydrogens (tertiary/aromatic N) is 3. The van der Waals surface area contributed by atoms with Crippen molar-refractivity contribution >= 4 is 29.3 Å². The molecule has 0 spiro atoms. The van der Waals surface area contributed by atoms with Crippen molar-refractivity contribution in [3.8, 4) is 29.9 Å². The Balaban J connectivity index is 1.75. The lowest BCUT2D eigenvalue weighted by atomic mass is 10.1. The van der Waals surface area contributed by atoms with Crippen molar-refractivity contribution in [1.29, 1.82) is 5.26 Å². The van der Waals surface area contributed by atoms with Crippen LogP contribution in [0.2, 0.25) is 5.02 Å². The maximum atomic E-state index is 12.9. The SMILES string of the molecule is C#CCOc1c(Cl)cc(/C=C(/C#N)C(=O)N2CCN(c3ccccc3)CC2)cc1OC. The molecule has 1 aliphatic heterocycles. The van der Waals surface area contributed by atoms with Crippen LogP contribution in [0.1, 0.15) is 5.56 Å². The van der Waals surface area contributed by atoms with Gasteiger partial charge in [0.05, 0.1) is 12.1 Å². The van der Waals surface area contributed by atoms with E-state index < -0.39 is 0 Å². The quantitative estimate of drug-likeness (QED) is 0.394. The summed E-state index contributed by atoms with van der Waals surface area (Å²) in [5, 5.41) is 9.88. The number of anilines is 1. The molecule has 7 heteroatoms. The molecule has 0 radical (unpaired) electrons. The average Bonchev–Trinajstić information content (AvgIpc) is 2.81. The zero-order valence-corrected chi connectivity index (χ0v) is 17.9. The molecule has 0 aliphatic carbocycles. The number of amides is 1. The molecule has 0 atom stereocenters. The lowest BCUT2D eigenvalue weighted by Crippen LogP contribution is -2.49. The van der Waals surface area contributed by atoms with E-state index in [-0.39, 0.29) is 23.1 Å². The average molecular weight is 436 g/mol. The Labute approximate surface area is 187 Å². The van der Waals surface area contributed by atoms with Crippen LogP contribution < -0.4 is 14.4 Å². The highest BCUT2D eigenvalue weighted by molar-refractivity contribution is 6.32. The number of para-hydroxylation sites is 1. The smallest absolute Gasteiger partial charge is 0.264 e. The van der Waals surface area contributed by atoms with Crippen LogP contribution in [-0.4, -0.2) is 50.7 Å². The van der Waals surface area contributed by atoms with Crippen molar-refractivity contribution in [2.45, 2.75) is 0 Å². The molecule has 31 heavy (non-hydrogen) atoms. The van der Waals surface area contributed by atoms with Crippen molar-refractivity contribution < 1.29 is 14.3 Å². The topological polar surface area (TPSA) is 65.8 Å². The summed E-state index contributed by atoms with van der Waals surface area (Å²) in [5.74, 6) is 2.75. The van der Waals surface area contributed by atoms with Gasteiger partial charge in [0, 0.05) is 31.9 Å². The molecule has 1 amide bonds. The van der Waals surface area contributed by atoms with Crippen molar-refractivity contribution in [2.75, 3.05) is 44.8 Å². The Hall–Kier alpha value is -3.61. The summed E-state index contributed by atoms with van der Waals surface area (Å²) < 4.78 is 10.7. The van der Waals surface area contributed by atoms with Crippen LogP contribution in [0, 0.1) is 23.7 Å². The minimum absolute atomic E-state index is 0.0311. The van der Waals surface area contributed by atoms with E-state index >= 15 is 0 Å². The first-order valence-electron chi connectivity index (χ1n) is 9.72. The molecule has 2 aromatic rings. The predicted molar refractivity (Wildman–Crippen MR) is 121 cm³/mol. The van der Waals surface area contributed by atoms with Crippen LogP contribution in [0.15, 0.2) is 48.0 Å². The molecule has 1 aliphatic rings. The minimum Gasteiger partial charge on any atom is -0.493 e. The number of methoxy groups -OCH3 is 1. The van der Waals surface area contributed by atoms with Crippen molar-refractivity contribution in [3.63, 3.8) is 0 Å². The summed E-state index contributed by atoms with van der Waals surface area (Å²) in [6.45, 7) is 2.53. The molecular weight excluding hydrogens is 414 g/mol. The molecule has 0 saturated carbocycles. The van der Waals surface area contributed by atoms with Gasteiger partial charge in [-0.25, -0.2) is 0 Å². The minimum atomic E-state index is -0.307. The van der Waals surface area contributed by atoms with Gasteiger partial charge in [-0.05, 0) is 35.9 Å². The maximum Gasteiger partial charge on any atom is 0.264 e. The van der Waals surface area contributed by atoms with Crippen LogP contribution in [0.5, 0.6) is 11.5 Å². The first kappa shape index (κ1) is 22.1. The molecule has 0 N–H and O–H groups in total. The van der Waals surface area contributed by atoms with E-state index in [9.17, 15) is 10.1 Å². The highest BCUT2D eigenvalue weighted by atomic mass is 35.5. The molecule has 2 aromatic carbocycles. The molecule has 1 saturated heterocycles. The third kappa shape index (κ3) is 5.31. The highest BCUT2D eigenvalue weighted by Gasteiger charge is 2.24. The molecule has 1 fully saturated rings. The number of hydrogen-bond donors (Lipinski definition) is 0. The Morgan fingerprint density at radius 1 is 1.23 bits per heavy atom. The van der Waals surface area contributed by atoms with Crippen LogP contribution in [0.4, 0.5) is 5.69 Å². The molecular formula is C24H22ClN3O3. The summed E-state index contributed by atoms with van der Waals surface area (Å²) in [7, 11) is 1.48. The fraction of sp³-hybridized carbons (Fsp3) is 0.250. The number of terminal acetylenes is 1.